The molecule has 1 unspecified atom stereocenters. The lowest BCUT2D eigenvalue weighted by Crippen LogP contribution is -2.37. The smallest absolute Gasteiger partial charge is 0.332 e. The van der Waals surface area contributed by atoms with Gasteiger partial charge in [0, 0.05) is 27.2 Å². The summed E-state index contributed by atoms with van der Waals surface area (Å²) in [6.45, 7) is 1.91. The van der Waals surface area contributed by atoms with E-state index in [1.165, 1.54) is 17.7 Å². The first-order valence-electron chi connectivity index (χ1n) is 8.19. The molecule has 0 saturated carbocycles. The number of carbonyl (C=O) groups is 1. The summed E-state index contributed by atoms with van der Waals surface area (Å²) in [5.41, 5.74) is -0.282. The molecule has 0 aliphatic heterocycles. The number of aliphatic hydroxyl groups is 2. The molecule has 2 rings (SSSR count). The number of amides is 1. The first kappa shape index (κ1) is 18.9. The second-order valence-corrected chi connectivity index (χ2v) is 6.02. The van der Waals surface area contributed by atoms with Crippen LogP contribution in [-0.2, 0) is 20.6 Å². The minimum Gasteiger partial charge on any atom is -0.394 e. The number of nitrogens with zero attached hydrogens (tertiary/aromatic N) is 3. The van der Waals surface area contributed by atoms with Crippen LogP contribution >= 0.6 is 0 Å². The van der Waals surface area contributed by atoms with Crippen LogP contribution in [0.2, 0.25) is 0 Å². The van der Waals surface area contributed by atoms with Crippen LogP contribution < -0.4 is 16.6 Å². The fraction of sp³-hybridized carbons (Fsp3) is 0.562. The first-order chi connectivity index (χ1) is 11.8. The number of aliphatic hydroxyl groups excluding tert-OH is 2. The molecule has 0 aromatic carbocycles. The van der Waals surface area contributed by atoms with Gasteiger partial charge >= 0.3 is 5.69 Å². The van der Waals surface area contributed by atoms with Gasteiger partial charge < -0.3 is 20.1 Å². The monoisotopic (exact) mass is 352 g/mol. The number of nitrogens with one attached hydrogen (secondary N) is 1. The van der Waals surface area contributed by atoms with E-state index in [9.17, 15) is 19.5 Å². The van der Waals surface area contributed by atoms with Gasteiger partial charge in [-0.3, -0.25) is 18.7 Å². The molecule has 9 nitrogen and oxygen atoms in total. The van der Waals surface area contributed by atoms with Gasteiger partial charge in [0.05, 0.1) is 18.1 Å². The van der Waals surface area contributed by atoms with Crippen molar-refractivity contribution in [3.05, 3.63) is 32.6 Å². The predicted octanol–water partition coefficient (Wildman–Crippen LogP) is -1.08. The average molecular weight is 352 g/mol. The highest BCUT2D eigenvalue weighted by Gasteiger charge is 2.21. The standard InChI is InChI=1S/C16H24N4O5/c1-4-5-6-20-12(13(23)17-8-10(22)9-21)7-11-14(20)18(2)16(25)19(3)15(11)24/h7,10,21-22H,4-6,8-9H2,1-3H3,(H,17,23). The second-order valence-electron chi connectivity index (χ2n) is 6.02. The van der Waals surface area contributed by atoms with Gasteiger partial charge in [-0.15, -0.1) is 0 Å². The molecule has 25 heavy (non-hydrogen) atoms. The molecule has 0 aliphatic carbocycles. The Labute approximate surface area is 144 Å². The SMILES string of the molecule is CCCCn1c(C(=O)NCC(O)CO)cc2c(=O)n(C)c(=O)n(C)c21. The topological polar surface area (TPSA) is 118 Å². The molecular formula is C16H24N4O5. The van der Waals surface area contributed by atoms with E-state index in [-0.39, 0.29) is 17.6 Å². The Morgan fingerprint density at radius 2 is 1.96 bits per heavy atom. The quantitative estimate of drug-likeness (QED) is 0.586. The van der Waals surface area contributed by atoms with Crippen molar-refractivity contribution >= 4 is 16.9 Å². The zero-order valence-electron chi connectivity index (χ0n) is 14.7. The van der Waals surface area contributed by atoms with E-state index in [2.05, 4.69) is 5.32 Å². The number of rotatable bonds is 7. The molecule has 9 heteroatoms. The van der Waals surface area contributed by atoms with Gasteiger partial charge in [-0.2, -0.15) is 0 Å². The summed E-state index contributed by atoms with van der Waals surface area (Å²) < 4.78 is 4.01. The maximum Gasteiger partial charge on any atom is 0.332 e. The summed E-state index contributed by atoms with van der Waals surface area (Å²) in [6.07, 6.45) is 0.588. The summed E-state index contributed by atoms with van der Waals surface area (Å²) in [4.78, 5) is 37.1. The minimum absolute atomic E-state index is 0.110. The molecule has 0 saturated heterocycles. The van der Waals surface area contributed by atoms with Crippen molar-refractivity contribution in [1.29, 1.82) is 0 Å². The van der Waals surface area contributed by atoms with Gasteiger partial charge in [-0.1, -0.05) is 13.3 Å². The van der Waals surface area contributed by atoms with Crippen LogP contribution in [0.5, 0.6) is 0 Å². The van der Waals surface area contributed by atoms with Crippen molar-refractivity contribution in [1.82, 2.24) is 19.0 Å². The van der Waals surface area contributed by atoms with Crippen LogP contribution in [0.4, 0.5) is 0 Å². The summed E-state index contributed by atoms with van der Waals surface area (Å²) >= 11 is 0. The predicted molar refractivity (Wildman–Crippen MR) is 92.8 cm³/mol. The van der Waals surface area contributed by atoms with E-state index in [4.69, 9.17) is 5.11 Å². The number of hydrogen-bond acceptors (Lipinski definition) is 5. The second kappa shape index (κ2) is 7.66. The number of aryl methyl sites for hydroxylation is 2. The Morgan fingerprint density at radius 3 is 2.56 bits per heavy atom. The highest BCUT2D eigenvalue weighted by molar-refractivity contribution is 5.97. The van der Waals surface area contributed by atoms with Crippen molar-refractivity contribution in [3.8, 4) is 0 Å². The van der Waals surface area contributed by atoms with Crippen LogP contribution in [-0.4, -0.2) is 49.1 Å². The molecule has 3 N–H and O–H groups in total. The summed E-state index contributed by atoms with van der Waals surface area (Å²) in [5, 5.41) is 21.1. The minimum atomic E-state index is -1.06. The number of unbranched alkanes of at least 4 members (excludes halogenated alkanes) is 1. The number of aromatic nitrogens is 3. The van der Waals surface area contributed by atoms with Gasteiger partial charge in [0.25, 0.3) is 11.5 Å². The van der Waals surface area contributed by atoms with Gasteiger partial charge in [0.1, 0.15) is 11.3 Å². The van der Waals surface area contributed by atoms with Crippen LogP contribution in [0.3, 0.4) is 0 Å². The third-order valence-corrected chi connectivity index (χ3v) is 4.17. The Bertz CT molecular complexity index is 893. The maximum atomic E-state index is 12.5. The highest BCUT2D eigenvalue weighted by Crippen LogP contribution is 2.17. The van der Waals surface area contributed by atoms with Gasteiger partial charge in [-0.05, 0) is 12.5 Å². The fourth-order valence-electron chi connectivity index (χ4n) is 2.74. The van der Waals surface area contributed by atoms with Crippen LogP contribution in [0.25, 0.3) is 11.0 Å². The average Bonchev–Trinajstić information content (AvgIpc) is 3.00. The Morgan fingerprint density at radius 1 is 1.28 bits per heavy atom. The lowest BCUT2D eigenvalue weighted by atomic mass is 10.3. The van der Waals surface area contributed by atoms with Crippen molar-refractivity contribution in [2.24, 2.45) is 14.1 Å². The van der Waals surface area contributed by atoms with E-state index in [1.54, 1.807) is 11.6 Å². The molecule has 2 heterocycles. The van der Waals surface area contributed by atoms with E-state index in [1.807, 2.05) is 6.92 Å². The molecule has 0 fully saturated rings. The van der Waals surface area contributed by atoms with E-state index in [0.29, 0.717) is 12.2 Å². The third-order valence-electron chi connectivity index (χ3n) is 4.17. The largest absolute Gasteiger partial charge is 0.394 e. The lowest BCUT2D eigenvalue weighted by molar-refractivity contribution is 0.0796. The van der Waals surface area contributed by atoms with E-state index >= 15 is 0 Å². The number of hydrogen-bond donors (Lipinski definition) is 3. The lowest BCUT2D eigenvalue weighted by Gasteiger charge is -2.13. The highest BCUT2D eigenvalue weighted by atomic mass is 16.3. The number of fused-ring (bicyclic) bond motifs is 1. The van der Waals surface area contributed by atoms with Crippen molar-refractivity contribution in [2.75, 3.05) is 13.2 Å². The summed E-state index contributed by atoms with van der Waals surface area (Å²) in [7, 11) is 2.95. The Balaban J connectivity index is 2.61. The molecule has 1 amide bonds. The van der Waals surface area contributed by atoms with Gasteiger partial charge in [-0.25, -0.2) is 4.79 Å². The Hall–Kier alpha value is -2.39. The molecule has 0 aliphatic rings. The molecule has 2 aromatic heterocycles. The van der Waals surface area contributed by atoms with E-state index < -0.39 is 29.9 Å². The molecular weight excluding hydrogens is 328 g/mol. The summed E-state index contributed by atoms with van der Waals surface area (Å²) in [6, 6.07) is 1.47. The van der Waals surface area contributed by atoms with Crippen molar-refractivity contribution in [3.63, 3.8) is 0 Å². The maximum absolute atomic E-state index is 12.5. The molecule has 138 valence electrons. The molecule has 1 atom stereocenters. The van der Waals surface area contributed by atoms with Gasteiger partial charge in [0.2, 0.25) is 0 Å². The first-order valence-corrected chi connectivity index (χ1v) is 8.19. The van der Waals surface area contributed by atoms with Crippen molar-refractivity contribution < 1.29 is 15.0 Å². The summed E-state index contributed by atoms with van der Waals surface area (Å²) in [5.74, 6) is -0.477. The normalized spacial score (nSPS) is 12.5. The van der Waals surface area contributed by atoms with Crippen LogP contribution in [0.1, 0.15) is 30.3 Å². The van der Waals surface area contributed by atoms with Gasteiger partial charge in [0.15, 0.2) is 0 Å². The van der Waals surface area contributed by atoms with Crippen molar-refractivity contribution in [2.45, 2.75) is 32.4 Å². The third kappa shape index (κ3) is 3.52. The molecule has 0 radical (unpaired) electrons. The molecule has 0 bridgehead atoms. The number of carbonyl (C=O) groups excluding carboxylic acids is 1. The van der Waals surface area contributed by atoms with Crippen LogP contribution in [0, 0.1) is 0 Å². The zero-order chi connectivity index (χ0) is 18.7. The van der Waals surface area contributed by atoms with E-state index in [0.717, 1.165) is 17.4 Å². The fourth-order valence-corrected chi connectivity index (χ4v) is 2.74. The molecule has 0 spiro atoms. The Kier molecular flexibility index (Phi) is 5.81. The van der Waals surface area contributed by atoms with Crippen LogP contribution in [0.15, 0.2) is 15.7 Å². The molecule has 2 aromatic rings. The zero-order valence-corrected chi connectivity index (χ0v) is 14.7.